The van der Waals surface area contributed by atoms with Gasteiger partial charge < -0.3 is 38.1 Å². The van der Waals surface area contributed by atoms with E-state index in [-0.39, 0.29) is 115 Å². The Kier molecular flexibility index (Phi) is 40.9. The summed E-state index contributed by atoms with van der Waals surface area (Å²) in [6.07, 6.45) is 23.8. The lowest BCUT2D eigenvalue weighted by Gasteiger charge is -2.24. The van der Waals surface area contributed by atoms with Crippen molar-refractivity contribution in [3.05, 3.63) is 0 Å². The molecule has 0 saturated carbocycles. The van der Waals surface area contributed by atoms with Crippen molar-refractivity contribution in [2.45, 2.75) is 239 Å². The highest BCUT2D eigenvalue weighted by molar-refractivity contribution is 5.73. The third-order valence-electron chi connectivity index (χ3n) is 12.9. The van der Waals surface area contributed by atoms with E-state index in [9.17, 15) is 33.6 Å². The van der Waals surface area contributed by atoms with Crippen LogP contribution in [0.3, 0.4) is 0 Å². The van der Waals surface area contributed by atoms with E-state index in [4.69, 9.17) is 33.2 Å². The predicted molar refractivity (Wildman–Crippen MR) is 278 cm³/mol. The van der Waals surface area contributed by atoms with Crippen molar-refractivity contribution in [3.8, 4) is 0 Å². The van der Waals surface area contributed by atoms with Gasteiger partial charge >= 0.3 is 41.9 Å². The van der Waals surface area contributed by atoms with Gasteiger partial charge in [0, 0.05) is 50.5 Å². The maximum absolute atomic E-state index is 13.6. The van der Waals surface area contributed by atoms with Crippen LogP contribution >= 0.6 is 0 Å². The molecular weight excluding hydrogens is 925 g/mol. The largest absolute Gasteiger partial charge is 0.465 e. The van der Waals surface area contributed by atoms with E-state index in [0.717, 1.165) is 128 Å². The molecule has 418 valence electrons. The van der Waals surface area contributed by atoms with Crippen molar-refractivity contribution < 1.29 is 66.7 Å². The molecule has 0 bridgehead atoms. The number of amides is 1. The number of carbonyl (C=O) groups is 7. The van der Waals surface area contributed by atoms with Crippen LogP contribution in [0.2, 0.25) is 0 Å². The molecule has 1 heterocycles. The number of rotatable bonds is 46. The number of hydrogen-bond donors (Lipinski definition) is 0. The highest BCUT2D eigenvalue weighted by atomic mass is 16.6. The van der Waals surface area contributed by atoms with E-state index in [2.05, 4.69) is 27.7 Å². The van der Waals surface area contributed by atoms with Gasteiger partial charge in [-0.15, -0.1) is 0 Å². The molecule has 0 aromatic carbocycles. The summed E-state index contributed by atoms with van der Waals surface area (Å²) in [5.41, 5.74) is 0. The number of nitrogens with zero attached hydrogens (tertiary/aromatic N) is 2. The van der Waals surface area contributed by atoms with Crippen LogP contribution in [0.4, 0.5) is 4.79 Å². The summed E-state index contributed by atoms with van der Waals surface area (Å²) < 4.78 is 39.5. The van der Waals surface area contributed by atoms with Crippen molar-refractivity contribution >= 4 is 41.9 Å². The van der Waals surface area contributed by atoms with Gasteiger partial charge in [0.05, 0.1) is 51.9 Å². The van der Waals surface area contributed by atoms with Gasteiger partial charge in [-0.05, 0) is 39.8 Å². The first-order valence-corrected chi connectivity index (χ1v) is 28.4. The van der Waals surface area contributed by atoms with Crippen molar-refractivity contribution in [2.24, 2.45) is 11.8 Å². The molecule has 0 spiro atoms. The van der Waals surface area contributed by atoms with E-state index in [1.165, 1.54) is 4.90 Å². The van der Waals surface area contributed by atoms with E-state index in [0.29, 0.717) is 32.2 Å². The number of likely N-dealkylation sites (tertiary alicyclic amines) is 1. The Hall–Kier alpha value is -3.95. The number of esters is 6. The van der Waals surface area contributed by atoms with Gasteiger partial charge in [-0.3, -0.25) is 33.7 Å². The van der Waals surface area contributed by atoms with Crippen molar-refractivity contribution in [1.29, 1.82) is 0 Å². The zero-order valence-electron chi connectivity index (χ0n) is 46.0. The minimum absolute atomic E-state index is 0.0222. The fourth-order valence-corrected chi connectivity index (χ4v) is 8.36. The van der Waals surface area contributed by atoms with Crippen LogP contribution in [0.1, 0.15) is 227 Å². The number of likely N-dealkylation sites (N-methyl/N-ethyl adjacent to an activating group) is 1. The maximum atomic E-state index is 13.6. The second-order valence-electron chi connectivity index (χ2n) is 20.2. The normalized spacial score (nSPS) is 14.4. The molecule has 1 saturated heterocycles. The van der Waals surface area contributed by atoms with Crippen molar-refractivity contribution in [3.63, 3.8) is 0 Å². The average molecular weight is 1030 g/mol. The van der Waals surface area contributed by atoms with E-state index in [1.807, 2.05) is 19.0 Å². The van der Waals surface area contributed by atoms with Gasteiger partial charge in [-0.2, -0.15) is 0 Å². The van der Waals surface area contributed by atoms with Gasteiger partial charge in [0.15, 0.2) is 0 Å². The van der Waals surface area contributed by atoms with Crippen LogP contribution in [0.5, 0.6) is 0 Å². The fourth-order valence-electron chi connectivity index (χ4n) is 8.36. The zero-order chi connectivity index (χ0) is 53.0. The lowest BCUT2D eigenvalue weighted by molar-refractivity contribution is -0.157. The van der Waals surface area contributed by atoms with Gasteiger partial charge in [0.1, 0.15) is 19.3 Å². The minimum Gasteiger partial charge on any atom is -0.465 e. The van der Waals surface area contributed by atoms with E-state index >= 15 is 0 Å². The summed E-state index contributed by atoms with van der Waals surface area (Å²) >= 11 is 0. The molecule has 1 fully saturated rings. The van der Waals surface area contributed by atoms with Crippen LogP contribution in [-0.4, -0.2) is 131 Å². The first-order chi connectivity index (χ1) is 34.8. The van der Waals surface area contributed by atoms with Crippen molar-refractivity contribution in [1.82, 2.24) is 9.80 Å². The summed E-state index contributed by atoms with van der Waals surface area (Å²) in [6, 6.07) is -0.705. The quantitative estimate of drug-likeness (QED) is 0.0318. The van der Waals surface area contributed by atoms with Gasteiger partial charge in [-0.25, -0.2) is 4.79 Å². The Labute approximate surface area is 434 Å². The summed E-state index contributed by atoms with van der Waals surface area (Å²) in [7, 11) is 3.70. The fraction of sp³-hybridized carbons (Fsp3) is 0.875. The first kappa shape index (κ1) is 66.1. The Morgan fingerprint density at radius 3 is 1.15 bits per heavy atom. The Morgan fingerprint density at radius 2 is 0.792 bits per heavy atom. The third-order valence-corrected chi connectivity index (χ3v) is 12.9. The topological polar surface area (TPSA) is 191 Å². The van der Waals surface area contributed by atoms with Crippen LogP contribution in [0.15, 0.2) is 0 Å². The summed E-state index contributed by atoms with van der Waals surface area (Å²) in [5, 5.41) is 0. The molecule has 1 aliphatic rings. The number of unbranched alkanes of at least 4 members (excludes halogenated alkanes) is 20. The van der Waals surface area contributed by atoms with Crippen LogP contribution < -0.4 is 0 Å². The zero-order valence-corrected chi connectivity index (χ0v) is 46.0. The molecule has 16 heteroatoms. The smallest absolute Gasteiger partial charge is 0.410 e. The highest BCUT2D eigenvalue weighted by Gasteiger charge is 2.39. The van der Waals surface area contributed by atoms with Gasteiger partial charge in [0.25, 0.3) is 0 Å². The van der Waals surface area contributed by atoms with Crippen LogP contribution in [0.25, 0.3) is 0 Å². The first-order valence-electron chi connectivity index (χ1n) is 28.4. The molecule has 0 unspecified atom stereocenters. The minimum atomic E-state index is -0.779. The molecule has 1 rings (SSSR count). The Morgan fingerprint density at radius 1 is 0.444 bits per heavy atom. The summed E-state index contributed by atoms with van der Waals surface area (Å²) in [4.78, 5) is 94.4. The number of carbonyl (C=O) groups excluding carboxylic acids is 7. The molecule has 1 amide bonds. The molecular formula is C56H100N2O14. The van der Waals surface area contributed by atoms with Gasteiger partial charge in [-0.1, -0.05) is 156 Å². The summed E-state index contributed by atoms with van der Waals surface area (Å²) in [5.74, 6) is -4.07. The maximum Gasteiger partial charge on any atom is 0.410 e. The second-order valence-corrected chi connectivity index (χ2v) is 20.2. The molecule has 2 atom stereocenters. The molecule has 0 N–H and O–H groups in total. The molecule has 0 aromatic rings. The SMILES string of the molecule is CCCCCCCCC(=O)OCC(COC(=O)CCCCCCCC)CC(=O)OC[C@@H]1C[C@H](OC(=O)CC(COC(=O)CCCCCCCC)COC(=O)CCCCCCCC)CN1C(=O)OCCN(C)C. The van der Waals surface area contributed by atoms with Crippen LogP contribution in [0, 0.1) is 11.8 Å². The Balaban J connectivity index is 3.01. The highest BCUT2D eigenvalue weighted by Crippen LogP contribution is 2.24. The lowest BCUT2D eigenvalue weighted by Crippen LogP contribution is -2.40. The predicted octanol–water partition coefficient (Wildman–Crippen LogP) is 11.4. The molecule has 0 aliphatic carbocycles. The molecule has 0 aromatic heterocycles. The van der Waals surface area contributed by atoms with Gasteiger partial charge in [0.2, 0.25) is 0 Å². The van der Waals surface area contributed by atoms with Crippen molar-refractivity contribution in [2.75, 3.05) is 66.8 Å². The van der Waals surface area contributed by atoms with Crippen LogP contribution in [-0.2, 0) is 61.9 Å². The monoisotopic (exact) mass is 1020 g/mol. The third kappa shape index (κ3) is 36.9. The van der Waals surface area contributed by atoms with E-state index in [1.54, 1.807) is 0 Å². The lowest BCUT2D eigenvalue weighted by atomic mass is 10.1. The number of ether oxygens (including phenoxy) is 7. The van der Waals surface area contributed by atoms with E-state index < -0.39 is 42.0 Å². The second kappa shape index (κ2) is 44.5. The average Bonchev–Trinajstić information content (AvgIpc) is 3.76. The standard InChI is InChI=1S/C56H100N2O14/c1-7-11-15-19-23-27-31-50(59)67-41-46(42-68-51(60)32-28-24-20-16-12-8-2)37-54(63)71-45-48-39-49(40-58(48)56(65)66-36-35-57(5)6)72-55(64)38-47(43-69-52(61)33-29-25-21-17-13-9-3)44-70-53(62)34-30-26-22-18-14-10-4/h46-49H,7-45H2,1-6H3/t48-,49-/m0/s1. The number of hydrogen-bond acceptors (Lipinski definition) is 15. The Bertz CT molecular complexity index is 1400. The summed E-state index contributed by atoms with van der Waals surface area (Å²) in [6.45, 7) is 8.42. The molecule has 0 radical (unpaired) electrons. The molecule has 16 nitrogen and oxygen atoms in total. The molecule has 72 heavy (non-hydrogen) atoms. The molecule has 1 aliphatic heterocycles.